The second kappa shape index (κ2) is 7.62. The van der Waals surface area contributed by atoms with Crippen LogP contribution in [0.5, 0.6) is 0 Å². The lowest BCUT2D eigenvalue weighted by Gasteiger charge is -2.37. The maximum Gasteiger partial charge on any atom is 0.242 e. The van der Waals surface area contributed by atoms with Crippen LogP contribution in [0, 0.1) is 0 Å². The summed E-state index contributed by atoms with van der Waals surface area (Å²) in [6, 6.07) is 2.10. The molecule has 0 N–H and O–H groups in total. The van der Waals surface area contributed by atoms with E-state index in [4.69, 9.17) is 0 Å². The van der Waals surface area contributed by atoms with Crippen molar-refractivity contribution < 1.29 is 9.59 Å². The summed E-state index contributed by atoms with van der Waals surface area (Å²) in [4.78, 5) is 28.6. The highest BCUT2D eigenvalue weighted by molar-refractivity contribution is 5.85. The van der Waals surface area contributed by atoms with Gasteiger partial charge < -0.3 is 9.80 Å². The number of aromatic nitrogens is 2. The van der Waals surface area contributed by atoms with Crippen molar-refractivity contribution in [1.82, 2.24) is 19.6 Å². The summed E-state index contributed by atoms with van der Waals surface area (Å²) in [7, 11) is 0. The highest BCUT2D eigenvalue weighted by Gasteiger charge is 2.29. The van der Waals surface area contributed by atoms with E-state index in [0.717, 1.165) is 58.2 Å². The molecule has 1 aromatic heterocycles. The molecule has 0 unspecified atom stereocenters. The van der Waals surface area contributed by atoms with Crippen LogP contribution in [0.15, 0.2) is 18.5 Å². The van der Waals surface area contributed by atoms with E-state index in [1.165, 1.54) is 0 Å². The molecule has 3 rings (SSSR count). The van der Waals surface area contributed by atoms with Crippen molar-refractivity contribution in [2.45, 2.75) is 57.5 Å². The minimum Gasteiger partial charge on any atom is -0.336 e. The topological polar surface area (TPSA) is 58.4 Å². The summed E-state index contributed by atoms with van der Waals surface area (Å²) >= 11 is 0. The van der Waals surface area contributed by atoms with Gasteiger partial charge in [0.2, 0.25) is 11.8 Å². The lowest BCUT2D eigenvalue weighted by atomic mass is 10.0. The summed E-state index contributed by atoms with van der Waals surface area (Å²) in [5, 5.41) is 4.26. The van der Waals surface area contributed by atoms with E-state index in [1.54, 1.807) is 11.1 Å². The van der Waals surface area contributed by atoms with Crippen LogP contribution in [0.2, 0.25) is 0 Å². The Bertz CT molecular complexity index is 529. The Kier molecular flexibility index (Phi) is 5.31. The van der Waals surface area contributed by atoms with Crippen LogP contribution in [-0.4, -0.2) is 57.1 Å². The molecule has 0 radical (unpaired) electrons. The molecule has 6 nitrogen and oxygen atoms in total. The SMILES string of the molecule is O=C1CCCCCN1CC(=O)N1CCCC[C@@H]1Cn1cccn1. The molecular formula is C17H26N4O2. The minimum absolute atomic E-state index is 0.0945. The molecule has 2 amide bonds. The third-order valence-electron chi connectivity index (χ3n) is 4.90. The molecule has 2 saturated heterocycles. The molecule has 0 aromatic carbocycles. The van der Waals surface area contributed by atoms with E-state index >= 15 is 0 Å². The number of amides is 2. The molecule has 23 heavy (non-hydrogen) atoms. The molecule has 1 aromatic rings. The molecule has 2 aliphatic heterocycles. The Morgan fingerprint density at radius 2 is 2.04 bits per heavy atom. The summed E-state index contributed by atoms with van der Waals surface area (Å²) in [6.07, 6.45) is 10.6. The maximum absolute atomic E-state index is 12.8. The fourth-order valence-corrected chi connectivity index (χ4v) is 3.60. The number of carbonyl (C=O) groups excluding carboxylic acids is 2. The first-order valence-electron chi connectivity index (χ1n) is 8.79. The fourth-order valence-electron chi connectivity index (χ4n) is 3.60. The summed E-state index contributed by atoms with van der Waals surface area (Å²) in [6.45, 7) is 2.51. The summed E-state index contributed by atoms with van der Waals surface area (Å²) in [5.41, 5.74) is 0. The van der Waals surface area contributed by atoms with Gasteiger partial charge in [0.05, 0.1) is 19.1 Å². The van der Waals surface area contributed by atoms with Crippen LogP contribution in [0.4, 0.5) is 0 Å². The van der Waals surface area contributed by atoms with Crippen molar-refractivity contribution in [2.75, 3.05) is 19.6 Å². The molecule has 2 fully saturated rings. The van der Waals surface area contributed by atoms with E-state index in [1.807, 2.05) is 21.8 Å². The van der Waals surface area contributed by atoms with Gasteiger partial charge in [0.1, 0.15) is 0 Å². The summed E-state index contributed by atoms with van der Waals surface area (Å²) < 4.78 is 1.90. The lowest BCUT2D eigenvalue weighted by molar-refractivity contribution is -0.142. The fraction of sp³-hybridized carbons (Fsp3) is 0.706. The first kappa shape index (κ1) is 16.0. The molecule has 0 aliphatic carbocycles. The Balaban J connectivity index is 1.62. The Labute approximate surface area is 137 Å². The number of piperidine rings is 1. The van der Waals surface area contributed by atoms with Gasteiger partial charge in [0.25, 0.3) is 0 Å². The molecule has 1 atom stereocenters. The van der Waals surface area contributed by atoms with Crippen molar-refractivity contribution in [2.24, 2.45) is 0 Å². The number of hydrogen-bond acceptors (Lipinski definition) is 3. The number of carbonyl (C=O) groups is 2. The number of nitrogens with zero attached hydrogens (tertiary/aromatic N) is 4. The molecule has 0 saturated carbocycles. The van der Waals surface area contributed by atoms with Crippen LogP contribution in [0.3, 0.4) is 0 Å². The van der Waals surface area contributed by atoms with Crippen LogP contribution in [0.1, 0.15) is 44.9 Å². The van der Waals surface area contributed by atoms with Crippen LogP contribution < -0.4 is 0 Å². The molecule has 126 valence electrons. The highest BCUT2D eigenvalue weighted by atomic mass is 16.2. The third-order valence-corrected chi connectivity index (χ3v) is 4.90. The van der Waals surface area contributed by atoms with Crippen molar-refractivity contribution in [3.8, 4) is 0 Å². The van der Waals surface area contributed by atoms with E-state index in [0.29, 0.717) is 6.42 Å². The van der Waals surface area contributed by atoms with Crippen molar-refractivity contribution in [1.29, 1.82) is 0 Å². The van der Waals surface area contributed by atoms with Gasteiger partial charge in [0.15, 0.2) is 0 Å². The van der Waals surface area contributed by atoms with Gasteiger partial charge >= 0.3 is 0 Å². The molecule has 3 heterocycles. The van der Waals surface area contributed by atoms with Gasteiger partial charge in [-0.25, -0.2) is 0 Å². The van der Waals surface area contributed by atoms with Crippen LogP contribution in [0.25, 0.3) is 0 Å². The molecular weight excluding hydrogens is 292 g/mol. The molecule has 0 bridgehead atoms. The van der Waals surface area contributed by atoms with Crippen LogP contribution >= 0.6 is 0 Å². The van der Waals surface area contributed by atoms with Gasteiger partial charge in [-0.2, -0.15) is 5.10 Å². The lowest BCUT2D eigenvalue weighted by Crippen LogP contribution is -2.50. The van der Waals surface area contributed by atoms with Gasteiger partial charge in [-0.3, -0.25) is 14.3 Å². The van der Waals surface area contributed by atoms with Gasteiger partial charge in [0, 0.05) is 31.9 Å². The zero-order valence-corrected chi connectivity index (χ0v) is 13.7. The average Bonchev–Trinajstić information content (AvgIpc) is 2.98. The molecule has 2 aliphatic rings. The largest absolute Gasteiger partial charge is 0.336 e. The monoisotopic (exact) mass is 318 g/mol. The number of rotatable bonds is 4. The standard InChI is InChI=1S/C17H26N4O2/c22-16-8-2-1-4-10-19(16)14-17(23)21-12-5-3-7-15(21)13-20-11-6-9-18-20/h6,9,11,15H,1-5,7-8,10,12-14H2/t15-/m1/s1. The Morgan fingerprint density at radius 3 is 2.87 bits per heavy atom. The average molecular weight is 318 g/mol. The van der Waals surface area contributed by atoms with Crippen molar-refractivity contribution >= 4 is 11.8 Å². The van der Waals surface area contributed by atoms with E-state index in [9.17, 15) is 9.59 Å². The van der Waals surface area contributed by atoms with E-state index in [-0.39, 0.29) is 24.4 Å². The van der Waals surface area contributed by atoms with Crippen molar-refractivity contribution in [3.05, 3.63) is 18.5 Å². The molecule has 6 heteroatoms. The second-order valence-electron chi connectivity index (χ2n) is 6.59. The maximum atomic E-state index is 12.8. The first-order valence-corrected chi connectivity index (χ1v) is 8.79. The third kappa shape index (κ3) is 4.12. The zero-order valence-electron chi connectivity index (χ0n) is 13.7. The smallest absolute Gasteiger partial charge is 0.242 e. The highest BCUT2D eigenvalue weighted by Crippen LogP contribution is 2.19. The van der Waals surface area contributed by atoms with E-state index < -0.39 is 0 Å². The van der Waals surface area contributed by atoms with Crippen LogP contribution in [-0.2, 0) is 16.1 Å². The second-order valence-corrected chi connectivity index (χ2v) is 6.59. The summed E-state index contributed by atoms with van der Waals surface area (Å²) in [5.74, 6) is 0.230. The van der Waals surface area contributed by atoms with Crippen molar-refractivity contribution in [3.63, 3.8) is 0 Å². The van der Waals surface area contributed by atoms with E-state index in [2.05, 4.69) is 5.10 Å². The predicted octanol–water partition coefficient (Wildman–Crippen LogP) is 1.67. The van der Waals surface area contributed by atoms with Gasteiger partial charge in [-0.15, -0.1) is 0 Å². The quantitative estimate of drug-likeness (QED) is 0.848. The predicted molar refractivity (Wildman–Crippen MR) is 86.6 cm³/mol. The number of likely N-dealkylation sites (tertiary alicyclic amines) is 2. The van der Waals surface area contributed by atoms with Gasteiger partial charge in [-0.1, -0.05) is 6.42 Å². The number of hydrogen-bond donors (Lipinski definition) is 0. The normalized spacial score (nSPS) is 23.0. The van der Waals surface area contributed by atoms with Gasteiger partial charge in [-0.05, 0) is 38.2 Å². The minimum atomic E-state index is 0.0945. The first-order chi connectivity index (χ1) is 11.2. The molecule has 0 spiro atoms. The Morgan fingerprint density at radius 1 is 1.17 bits per heavy atom. The zero-order chi connectivity index (χ0) is 16.1. The Hall–Kier alpha value is -1.85.